The van der Waals surface area contributed by atoms with Crippen molar-refractivity contribution in [2.45, 2.75) is 32.6 Å². The second-order valence-electron chi connectivity index (χ2n) is 6.14. The van der Waals surface area contributed by atoms with E-state index in [4.69, 9.17) is 19.2 Å². The number of ether oxygens (including phenoxy) is 2. The summed E-state index contributed by atoms with van der Waals surface area (Å²) in [4.78, 5) is 14.4. The van der Waals surface area contributed by atoms with Crippen molar-refractivity contribution in [2.75, 3.05) is 13.2 Å². The van der Waals surface area contributed by atoms with Crippen molar-refractivity contribution in [3.8, 4) is 11.8 Å². The van der Waals surface area contributed by atoms with Gasteiger partial charge in [-0.3, -0.25) is 4.79 Å². The number of nitrogens with zero attached hydrogens (tertiary/aromatic N) is 2. The molecule has 6 heteroatoms. The lowest BCUT2D eigenvalue weighted by Crippen LogP contribution is -2.50. The van der Waals surface area contributed by atoms with Crippen molar-refractivity contribution in [2.24, 2.45) is 0 Å². The summed E-state index contributed by atoms with van der Waals surface area (Å²) in [7, 11) is 0. The lowest BCUT2D eigenvalue weighted by atomic mass is 10.2. The van der Waals surface area contributed by atoms with Crippen molar-refractivity contribution in [1.29, 1.82) is 5.26 Å². The summed E-state index contributed by atoms with van der Waals surface area (Å²) in [6.45, 7) is 5.21. The van der Waals surface area contributed by atoms with Gasteiger partial charge in [-0.15, -0.1) is 0 Å². The maximum atomic E-state index is 12.6. The Morgan fingerprint density at radius 3 is 2.76 bits per heavy atom. The molecule has 1 aliphatic heterocycles. The molecular formula is C19H20N2O4. The molecule has 0 N–H and O–H groups in total. The zero-order chi connectivity index (χ0) is 17.8. The van der Waals surface area contributed by atoms with Crippen LogP contribution in [0.4, 0.5) is 0 Å². The highest BCUT2D eigenvalue weighted by Crippen LogP contribution is 2.19. The van der Waals surface area contributed by atoms with Gasteiger partial charge in [0.2, 0.25) is 0 Å². The van der Waals surface area contributed by atoms with E-state index in [2.05, 4.69) is 6.07 Å². The number of hydrogen-bond donors (Lipinski definition) is 0. The Balaban J connectivity index is 1.61. The van der Waals surface area contributed by atoms with Gasteiger partial charge in [0.15, 0.2) is 5.76 Å². The largest absolute Gasteiger partial charge is 0.486 e. The maximum Gasteiger partial charge on any atom is 0.289 e. The molecule has 3 rings (SSSR count). The fourth-order valence-corrected chi connectivity index (χ4v) is 2.68. The fourth-order valence-electron chi connectivity index (χ4n) is 2.68. The van der Waals surface area contributed by atoms with Gasteiger partial charge in [-0.2, -0.15) is 5.26 Å². The highest BCUT2D eigenvalue weighted by Gasteiger charge is 2.29. The van der Waals surface area contributed by atoms with Gasteiger partial charge in [0.05, 0.1) is 30.4 Å². The van der Waals surface area contributed by atoms with Crippen molar-refractivity contribution in [3.05, 3.63) is 53.5 Å². The van der Waals surface area contributed by atoms with Gasteiger partial charge in [0, 0.05) is 6.54 Å². The number of benzene rings is 1. The number of hydrogen-bond acceptors (Lipinski definition) is 5. The Kier molecular flexibility index (Phi) is 5.05. The standard InChI is InChI=1S/C19H20N2O4/c1-13-11-23-14(2)10-21(13)19(22)18-8-7-17(25-18)12-24-16-5-3-15(9-20)4-6-16/h3-8,13-14H,10-12H2,1-2H3/t13-,14+/m1/s1. The molecular weight excluding hydrogens is 320 g/mol. The summed E-state index contributed by atoms with van der Waals surface area (Å²) < 4.78 is 16.8. The van der Waals surface area contributed by atoms with Gasteiger partial charge in [0.1, 0.15) is 18.1 Å². The molecule has 25 heavy (non-hydrogen) atoms. The highest BCUT2D eigenvalue weighted by molar-refractivity contribution is 5.91. The van der Waals surface area contributed by atoms with E-state index in [-0.39, 0.29) is 24.7 Å². The first kappa shape index (κ1) is 17.1. The third-order valence-electron chi connectivity index (χ3n) is 4.11. The minimum absolute atomic E-state index is 0.0205. The second kappa shape index (κ2) is 7.41. The van der Waals surface area contributed by atoms with Gasteiger partial charge in [-0.05, 0) is 50.2 Å². The quantitative estimate of drug-likeness (QED) is 0.855. The van der Waals surface area contributed by atoms with Crippen LogP contribution < -0.4 is 4.74 Å². The molecule has 0 radical (unpaired) electrons. The summed E-state index contributed by atoms with van der Waals surface area (Å²) in [5.41, 5.74) is 0.576. The first-order valence-corrected chi connectivity index (χ1v) is 8.21. The van der Waals surface area contributed by atoms with E-state index in [1.165, 1.54) is 0 Å². The zero-order valence-corrected chi connectivity index (χ0v) is 14.3. The van der Waals surface area contributed by atoms with E-state index in [0.29, 0.717) is 36.0 Å². The van der Waals surface area contributed by atoms with Crippen LogP contribution in [0.25, 0.3) is 0 Å². The summed E-state index contributed by atoms with van der Waals surface area (Å²) in [5.74, 6) is 1.38. The van der Waals surface area contributed by atoms with Gasteiger partial charge >= 0.3 is 0 Å². The Morgan fingerprint density at radius 2 is 2.04 bits per heavy atom. The monoisotopic (exact) mass is 340 g/mol. The molecule has 2 heterocycles. The zero-order valence-electron chi connectivity index (χ0n) is 14.3. The molecule has 0 bridgehead atoms. The minimum Gasteiger partial charge on any atom is -0.486 e. The normalized spacial score (nSPS) is 20.1. The predicted molar refractivity (Wildman–Crippen MR) is 90.1 cm³/mol. The summed E-state index contributed by atoms with van der Waals surface area (Å²) in [6, 6.07) is 12.3. The van der Waals surface area contributed by atoms with Gasteiger partial charge in [-0.1, -0.05) is 0 Å². The van der Waals surface area contributed by atoms with Crippen LogP contribution in [0, 0.1) is 11.3 Å². The van der Waals surface area contributed by atoms with Crippen LogP contribution in [0.1, 0.15) is 35.7 Å². The molecule has 0 aliphatic carbocycles. The van der Waals surface area contributed by atoms with Gasteiger partial charge < -0.3 is 18.8 Å². The Labute approximate surface area is 146 Å². The number of furan rings is 1. The van der Waals surface area contributed by atoms with Crippen LogP contribution in [0.3, 0.4) is 0 Å². The number of rotatable bonds is 4. The molecule has 1 amide bonds. The van der Waals surface area contributed by atoms with Crippen LogP contribution in [-0.4, -0.2) is 36.1 Å². The van der Waals surface area contributed by atoms with E-state index in [9.17, 15) is 4.79 Å². The van der Waals surface area contributed by atoms with Crippen molar-refractivity contribution >= 4 is 5.91 Å². The molecule has 6 nitrogen and oxygen atoms in total. The van der Waals surface area contributed by atoms with E-state index in [0.717, 1.165) is 0 Å². The molecule has 1 aromatic heterocycles. The second-order valence-corrected chi connectivity index (χ2v) is 6.14. The Bertz CT molecular complexity index is 775. The lowest BCUT2D eigenvalue weighted by Gasteiger charge is -2.36. The summed E-state index contributed by atoms with van der Waals surface area (Å²) in [6.07, 6.45) is 0.0225. The first-order chi connectivity index (χ1) is 12.1. The molecule has 130 valence electrons. The molecule has 2 atom stereocenters. The highest BCUT2D eigenvalue weighted by atomic mass is 16.5. The third-order valence-corrected chi connectivity index (χ3v) is 4.11. The number of morpholine rings is 1. The number of amides is 1. The predicted octanol–water partition coefficient (Wildman–Crippen LogP) is 2.98. The molecule has 2 aromatic rings. The van der Waals surface area contributed by atoms with Crippen molar-refractivity contribution < 1.29 is 18.7 Å². The SMILES string of the molecule is C[C@@H]1CO[C@@H](C)CN1C(=O)c1ccc(COc2ccc(C#N)cc2)o1. The van der Waals surface area contributed by atoms with Crippen molar-refractivity contribution in [3.63, 3.8) is 0 Å². The molecule has 1 saturated heterocycles. The average molecular weight is 340 g/mol. The topological polar surface area (TPSA) is 75.7 Å². The van der Waals surface area contributed by atoms with Crippen LogP contribution in [0.15, 0.2) is 40.8 Å². The summed E-state index contributed by atoms with van der Waals surface area (Å²) >= 11 is 0. The molecule has 0 unspecified atom stereocenters. The van der Waals surface area contributed by atoms with Crippen molar-refractivity contribution in [1.82, 2.24) is 4.90 Å². The number of nitriles is 1. The lowest BCUT2D eigenvalue weighted by molar-refractivity contribution is -0.0397. The van der Waals surface area contributed by atoms with E-state index in [1.54, 1.807) is 41.3 Å². The van der Waals surface area contributed by atoms with Crippen LogP contribution in [-0.2, 0) is 11.3 Å². The first-order valence-electron chi connectivity index (χ1n) is 8.21. The van der Waals surface area contributed by atoms with Gasteiger partial charge in [0.25, 0.3) is 5.91 Å². The van der Waals surface area contributed by atoms with Crippen LogP contribution >= 0.6 is 0 Å². The smallest absolute Gasteiger partial charge is 0.289 e. The maximum absolute atomic E-state index is 12.6. The molecule has 0 saturated carbocycles. The Morgan fingerprint density at radius 1 is 1.28 bits per heavy atom. The fraction of sp³-hybridized carbons (Fsp3) is 0.368. The third kappa shape index (κ3) is 4.01. The molecule has 1 fully saturated rings. The Hall–Kier alpha value is -2.78. The summed E-state index contributed by atoms with van der Waals surface area (Å²) in [5, 5.41) is 8.78. The van der Waals surface area contributed by atoms with Crippen LogP contribution in [0.5, 0.6) is 5.75 Å². The van der Waals surface area contributed by atoms with E-state index >= 15 is 0 Å². The number of carbonyl (C=O) groups excluding carboxylic acids is 1. The minimum atomic E-state index is -0.132. The molecule has 0 spiro atoms. The van der Waals surface area contributed by atoms with Crippen LogP contribution in [0.2, 0.25) is 0 Å². The average Bonchev–Trinajstić information content (AvgIpc) is 3.11. The molecule has 1 aliphatic rings. The number of carbonyl (C=O) groups is 1. The van der Waals surface area contributed by atoms with E-state index < -0.39 is 0 Å². The van der Waals surface area contributed by atoms with E-state index in [1.807, 2.05) is 13.8 Å². The molecule has 1 aromatic carbocycles. The van der Waals surface area contributed by atoms with Gasteiger partial charge in [-0.25, -0.2) is 0 Å².